The number of halogens is 3. The maximum atomic E-state index is 13.8. The Morgan fingerprint density at radius 2 is 2.00 bits per heavy atom. The lowest BCUT2D eigenvalue weighted by Crippen LogP contribution is -2.53. The molecule has 2 aromatic heterocycles. The van der Waals surface area contributed by atoms with Crippen molar-refractivity contribution in [3.63, 3.8) is 0 Å². The van der Waals surface area contributed by atoms with Gasteiger partial charge in [0.25, 0.3) is 5.91 Å². The van der Waals surface area contributed by atoms with Gasteiger partial charge in [-0.15, -0.1) is 11.3 Å². The summed E-state index contributed by atoms with van der Waals surface area (Å²) in [6, 6.07) is 1.60. The van der Waals surface area contributed by atoms with E-state index in [-0.39, 0.29) is 27.7 Å². The number of thiophene rings is 1. The van der Waals surface area contributed by atoms with Crippen molar-refractivity contribution in [1.29, 1.82) is 0 Å². The summed E-state index contributed by atoms with van der Waals surface area (Å²) in [7, 11) is 1.45. The van der Waals surface area contributed by atoms with Crippen LogP contribution in [0.25, 0.3) is 10.2 Å². The van der Waals surface area contributed by atoms with Gasteiger partial charge in [0.1, 0.15) is 5.82 Å². The second-order valence-corrected chi connectivity index (χ2v) is 9.68. The number of carbonyl (C=O) groups is 1. The van der Waals surface area contributed by atoms with Crippen LogP contribution in [0, 0.1) is 0 Å². The zero-order valence-electron chi connectivity index (χ0n) is 19.1. The number of piperazine rings is 1. The largest absolute Gasteiger partial charge is 0.417 e. The van der Waals surface area contributed by atoms with Gasteiger partial charge in [-0.2, -0.15) is 13.2 Å². The molecule has 11 heteroatoms. The molecule has 0 spiro atoms. The molecule has 1 unspecified atom stereocenters. The average molecular weight is 486 g/mol. The summed E-state index contributed by atoms with van der Waals surface area (Å²) in [5.41, 5.74) is -0.460. The number of ether oxygens (including phenoxy) is 1. The first-order chi connectivity index (χ1) is 15.7. The van der Waals surface area contributed by atoms with Crippen LogP contribution in [0.4, 0.5) is 19.0 Å². The Bertz CT molecular complexity index is 988. The first kappa shape index (κ1) is 24.2. The normalized spacial score (nSPS) is 21.2. The zero-order chi connectivity index (χ0) is 23.8. The van der Waals surface area contributed by atoms with Gasteiger partial charge in [0.15, 0.2) is 0 Å². The van der Waals surface area contributed by atoms with Crippen molar-refractivity contribution >= 4 is 33.3 Å². The number of hydrogen-bond acceptors (Lipinski definition) is 7. The van der Waals surface area contributed by atoms with Crippen molar-refractivity contribution in [3.05, 3.63) is 22.6 Å². The number of nitrogens with one attached hydrogen (secondary N) is 1. The number of pyridine rings is 1. The Balaban J connectivity index is 1.49. The van der Waals surface area contributed by atoms with Crippen molar-refractivity contribution in [1.82, 2.24) is 20.1 Å². The van der Waals surface area contributed by atoms with Gasteiger partial charge in [-0.1, -0.05) is 0 Å². The molecule has 4 rings (SSSR count). The van der Waals surface area contributed by atoms with Gasteiger partial charge in [-0.3, -0.25) is 14.6 Å². The second-order valence-electron chi connectivity index (χ2n) is 8.80. The van der Waals surface area contributed by atoms with Crippen LogP contribution >= 0.6 is 11.3 Å². The van der Waals surface area contributed by atoms with E-state index in [2.05, 4.69) is 33.9 Å². The number of aromatic nitrogens is 1. The monoisotopic (exact) mass is 485 g/mol. The number of morpholine rings is 1. The molecule has 0 bridgehead atoms. The van der Waals surface area contributed by atoms with Crippen LogP contribution in [-0.4, -0.2) is 92.3 Å². The standard InChI is InChI=1S/C22H30F3N5O2S/c1-14(2)30-8-9-32-15(12-30)11-28-4-6-29(7-5-28)18-10-17(22(23,24)25)20-19(27-18)16(13-33-20)21(31)26-3/h10,13-15H,4-9,11-12H2,1-3H3,(H,26,31). The summed E-state index contributed by atoms with van der Waals surface area (Å²) in [5, 5.41) is 3.92. The number of amides is 1. The third kappa shape index (κ3) is 5.26. The quantitative estimate of drug-likeness (QED) is 0.703. The minimum absolute atomic E-state index is 0.00681. The third-order valence-corrected chi connectivity index (χ3v) is 7.35. The molecule has 2 aliphatic heterocycles. The second kappa shape index (κ2) is 9.73. The molecule has 0 radical (unpaired) electrons. The topological polar surface area (TPSA) is 60.9 Å². The van der Waals surface area contributed by atoms with Gasteiger partial charge in [0.05, 0.1) is 34.1 Å². The van der Waals surface area contributed by atoms with E-state index in [4.69, 9.17) is 4.74 Å². The fraction of sp³-hybridized carbons (Fsp3) is 0.636. The molecular weight excluding hydrogens is 455 g/mol. The van der Waals surface area contributed by atoms with Crippen molar-refractivity contribution in [2.75, 3.05) is 64.4 Å². The number of anilines is 1. The van der Waals surface area contributed by atoms with Gasteiger partial charge >= 0.3 is 6.18 Å². The Hall–Kier alpha value is -1.95. The lowest BCUT2D eigenvalue weighted by molar-refractivity contribution is -0.136. The molecule has 2 aliphatic rings. The highest BCUT2D eigenvalue weighted by Gasteiger charge is 2.36. The molecule has 2 aromatic rings. The van der Waals surface area contributed by atoms with Crippen molar-refractivity contribution in [2.45, 2.75) is 32.2 Å². The highest BCUT2D eigenvalue weighted by Crippen LogP contribution is 2.40. The lowest BCUT2D eigenvalue weighted by atomic mass is 10.1. The molecule has 33 heavy (non-hydrogen) atoms. The third-order valence-electron chi connectivity index (χ3n) is 6.34. The van der Waals surface area contributed by atoms with Crippen molar-refractivity contribution < 1.29 is 22.7 Å². The average Bonchev–Trinajstić information content (AvgIpc) is 3.22. The fourth-order valence-electron chi connectivity index (χ4n) is 4.43. The number of nitrogens with zero attached hydrogens (tertiary/aromatic N) is 4. The molecule has 4 heterocycles. The van der Waals surface area contributed by atoms with Crippen LogP contribution in [0.2, 0.25) is 0 Å². The Labute approximate surface area is 195 Å². The van der Waals surface area contributed by atoms with Gasteiger partial charge < -0.3 is 15.0 Å². The minimum atomic E-state index is -4.52. The van der Waals surface area contributed by atoms with E-state index in [0.717, 1.165) is 43.6 Å². The summed E-state index contributed by atoms with van der Waals surface area (Å²) in [6.45, 7) is 10.3. The summed E-state index contributed by atoms with van der Waals surface area (Å²) in [4.78, 5) is 23.3. The van der Waals surface area contributed by atoms with Crippen LogP contribution < -0.4 is 10.2 Å². The summed E-state index contributed by atoms with van der Waals surface area (Å²) < 4.78 is 47.3. The Morgan fingerprint density at radius 1 is 1.27 bits per heavy atom. The van der Waals surface area contributed by atoms with Crippen LogP contribution in [0.5, 0.6) is 0 Å². The molecule has 0 aliphatic carbocycles. The smallest absolute Gasteiger partial charge is 0.374 e. The van der Waals surface area contributed by atoms with E-state index in [1.807, 2.05) is 4.90 Å². The predicted octanol–water partition coefficient (Wildman–Crippen LogP) is 2.91. The molecule has 2 saturated heterocycles. The molecular formula is C22H30F3N5O2S. The van der Waals surface area contributed by atoms with Crippen molar-refractivity contribution in [2.24, 2.45) is 0 Å². The van der Waals surface area contributed by atoms with Crippen molar-refractivity contribution in [3.8, 4) is 0 Å². The molecule has 1 N–H and O–H groups in total. The number of hydrogen-bond donors (Lipinski definition) is 1. The predicted molar refractivity (Wildman–Crippen MR) is 123 cm³/mol. The van der Waals surface area contributed by atoms with E-state index in [1.54, 1.807) is 0 Å². The maximum absolute atomic E-state index is 13.8. The van der Waals surface area contributed by atoms with Crippen LogP contribution in [-0.2, 0) is 10.9 Å². The van der Waals surface area contributed by atoms with Gasteiger partial charge in [-0.25, -0.2) is 4.98 Å². The molecule has 1 amide bonds. The SMILES string of the molecule is CNC(=O)c1csc2c(C(F)(F)F)cc(N3CCN(CC4CN(C(C)C)CCO4)CC3)nc12. The van der Waals surface area contributed by atoms with E-state index >= 15 is 0 Å². The molecule has 0 aromatic carbocycles. The highest BCUT2D eigenvalue weighted by atomic mass is 32.1. The highest BCUT2D eigenvalue weighted by molar-refractivity contribution is 7.17. The van der Waals surface area contributed by atoms with E-state index in [9.17, 15) is 18.0 Å². The molecule has 182 valence electrons. The lowest BCUT2D eigenvalue weighted by Gasteiger charge is -2.40. The summed E-state index contributed by atoms with van der Waals surface area (Å²) in [6.07, 6.45) is -4.39. The van der Waals surface area contributed by atoms with Crippen LogP contribution in [0.15, 0.2) is 11.4 Å². The Morgan fingerprint density at radius 3 is 2.64 bits per heavy atom. The Kier molecular flexibility index (Phi) is 7.13. The number of rotatable bonds is 5. The van der Waals surface area contributed by atoms with Crippen LogP contribution in [0.3, 0.4) is 0 Å². The zero-order valence-corrected chi connectivity index (χ0v) is 19.9. The minimum Gasteiger partial charge on any atom is -0.374 e. The maximum Gasteiger partial charge on any atom is 0.417 e. The van der Waals surface area contributed by atoms with E-state index in [0.29, 0.717) is 32.2 Å². The molecule has 1 atom stereocenters. The molecule has 0 saturated carbocycles. The summed E-state index contributed by atoms with van der Waals surface area (Å²) >= 11 is 0.900. The summed E-state index contributed by atoms with van der Waals surface area (Å²) in [5.74, 6) is -0.176. The first-order valence-corrected chi connectivity index (χ1v) is 12.1. The van der Waals surface area contributed by atoms with E-state index in [1.165, 1.54) is 12.4 Å². The number of carbonyl (C=O) groups excluding carboxylic acids is 1. The fourth-order valence-corrected chi connectivity index (χ4v) is 5.46. The first-order valence-electron chi connectivity index (χ1n) is 11.2. The number of alkyl halides is 3. The number of fused-ring (bicyclic) bond motifs is 1. The van der Waals surface area contributed by atoms with Gasteiger partial charge in [0, 0.05) is 64.3 Å². The van der Waals surface area contributed by atoms with E-state index < -0.39 is 17.6 Å². The molecule has 2 fully saturated rings. The van der Waals surface area contributed by atoms with Gasteiger partial charge in [0.2, 0.25) is 0 Å². The van der Waals surface area contributed by atoms with Crippen LogP contribution in [0.1, 0.15) is 29.8 Å². The molecule has 7 nitrogen and oxygen atoms in total. The van der Waals surface area contributed by atoms with Gasteiger partial charge in [-0.05, 0) is 19.9 Å².